The molecule has 1 nitrogen and oxygen atoms in total. The lowest BCUT2D eigenvalue weighted by molar-refractivity contribution is 0.669. The van der Waals surface area contributed by atoms with Crippen molar-refractivity contribution in [2.45, 2.75) is 0 Å². The first kappa shape index (κ1) is 28.1. The van der Waals surface area contributed by atoms with Crippen LogP contribution in [0.15, 0.2) is 89.3 Å². The van der Waals surface area contributed by atoms with E-state index in [0.717, 1.165) is 43.8 Å². The summed E-state index contributed by atoms with van der Waals surface area (Å²) in [6.07, 6.45) is 0. The quantitative estimate of drug-likeness (QED) is 0.229. The number of fused-ring (bicyclic) bond motifs is 7. The van der Waals surface area contributed by atoms with Crippen LogP contribution in [0.25, 0.3) is 76.5 Å². The van der Waals surface area contributed by atoms with Crippen LogP contribution in [-0.4, -0.2) is 62.8 Å². The van der Waals surface area contributed by atoms with Gasteiger partial charge < -0.3 is 4.42 Å². The molecule has 188 valence electrons. The van der Waals surface area contributed by atoms with Gasteiger partial charge in [-0.15, -0.1) is 21.9 Å². The number of hydrogen-bond donors (Lipinski definition) is 0. The Morgan fingerprint density at radius 3 is 1.42 bits per heavy atom. The van der Waals surface area contributed by atoms with E-state index in [2.05, 4.69) is 24.3 Å². The first-order valence-electron chi connectivity index (χ1n) is 14.4. The number of rotatable bonds is 2. The Morgan fingerprint density at radius 2 is 0.844 bits per heavy atom. The Hall–Kier alpha value is -4.36. The van der Waals surface area contributed by atoms with Gasteiger partial charge in [0.25, 0.3) is 0 Å². The van der Waals surface area contributed by atoms with Crippen LogP contribution in [0.3, 0.4) is 0 Å². The van der Waals surface area contributed by atoms with Crippen molar-refractivity contribution in [2.24, 2.45) is 0 Å². The maximum Gasteiger partial charge on any atom is 0.136 e. The molecule has 0 aliphatic rings. The average Bonchev–Trinajstić information content (AvgIpc) is 3.45. The minimum atomic E-state index is 0.176. The van der Waals surface area contributed by atoms with Crippen molar-refractivity contribution in [3.05, 3.63) is 84.9 Å². The van der Waals surface area contributed by atoms with Crippen molar-refractivity contribution in [3.8, 4) is 22.3 Å². The summed E-state index contributed by atoms with van der Waals surface area (Å²) in [5.74, 6) is 0. The van der Waals surface area contributed by atoms with Crippen LogP contribution in [-0.2, 0) is 0 Å². The standard InChI is InChI=1S/C36H14B8O/c37-29-25-22(16-7-2-1-3-8-16)26-28(32(40)36(44)34(42)30(26)38)23(27(25)31(39)35(43)33(29)41)17-11-12-20-19(14-17)24-18-9-5-4-6-15(18)10-13-21(24)45-20/h1-14H. The third-order valence-electron chi connectivity index (χ3n) is 9.03. The van der Waals surface area contributed by atoms with E-state index >= 15 is 0 Å². The van der Waals surface area contributed by atoms with Gasteiger partial charge in [0.15, 0.2) is 0 Å². The molecule has 1 aromatic heterocycles. The van der Waals surface area contributed by atoms with Gasteiger partial charge in [0, 0.05) is 10.8 Å². The van der Waals surface area contributed by atoms with Crippen LogP contribution in [0.2, 0.25) is 0 Å². The van der Waals surface area contributed by atoms with Crippen molar-refractivity contribution in [1.82, 2.24) is 0 Å². The second-order valence-corrected chi connectivity index (χ2v) is 11.4. The van der Waals surface area contributed by atoms with Gasteiger partial charge in [-0.3, -0.25) is 0 Å². The maximum absolute atomic E-state index is 6.87. The Balaban J connectivity index is 1.66. The molecule has 0 atom stereocenters. The van der Waals surface area contributed by atoms with Gasteiger partial charge in [-0.1, -0.05) is 88.6 Å². The van der Waals surface area contributed by atoms with Gasteiger partial charge in [0.1, 0.15) is 73.9 Å². The smallest absolute Gasteiger partial charge is 0.136 e. The van der Waals surface area contributed by atoms with Gasteiger partial charge >= 0.3 is 0 Å². The molecule has 45 heavy (non-hydrogen) atoms. The highest BCUT2D eigenvalue weighted by atomic mass is 16.3. The number of furan rings is 1. The third-order valence-corrected chi connectivity index (χ3v) is 9.03. The van der Waals surface area contributed by atoms with Crippen LogP contribution in [0.5, 0.6) is 0 Å². The van der Waals surface area contributed by atoms with Crippen LogP contribution in [0.1, 0.15) is 0 Å². The molecule has 0 saturated carbocycles. The second kappa shape index (κ2) is 10.1. The summed E-state index contributed by atoms with van der Waals surface area (Å²) in [5.41, 5.74) is 6.21. The van der Waals surface area contributed by atoms with Crippen molar-refractivity contribution in [2.75, 3.05) is 0 Å². The minimum absolute atomic E-state index is 0.176. The number of hydrogen-bond acceptors (Lipinski definition) is 1. The van der Waals surface area contributed by atoms with Crippen LogP contribution < -0.4 is 43.7 Å². The minimum Gasteiger partial charge on any atom is -0.456 e. The summed E-state index contributed by atoms with van der Waals surface area (Å²) in [4.78, 5) is 0. The van der Waals surface area contributed by atoms with E-state index < -0.39 is 0 Å². The lowest BCUT2D eigenvalue weighted by Crippen LogP contribution is -2.50. The van der Waals surface area contributed by atoms with E-state index in [1.165, 1.54) is 0 Å². The van der Waals surface area contributed by atoms with Gasteiger partial charge in [-0.2, -0.15) is 0 Å². The summed E-state index contributed by atoms with van der Waals surface area (Å²) in [6.45, 7) is 0. The second-order valence-electron chi connectivity index (χ2n) is 11.4. The topological polar surface area (TPSA) is 13.1 Å². The fourth-order valence-corrected chi connectivity index (χ4v) is 6.83. The largest absolute Gasteiger partial charge is 0.456 e. The molecule has 8 rings (SSSR count). The molecule has 0 aliphatic carbocycles. The van der Waals surface area contributed by atoms with Gasteiger partial charge in [-0.25, -0.2) is 0 Å². The zero-order valence-corrected chi connectivity index (χ0v) is 24.1. The Morgan fingerprint density at radius 1 is 0.356 bits per heavy atom. The molecule has 0 aliphatic heterocycles. The highest BCUT2D eigenvalue weighted by Gasteiger charge is 2.25. The van der Waals surface area contributed by atoms with Crippen LogP contribution in [0.4, 0.5) is 0 Å². The molecule has 8 aromatic rings. The van der Waals surface area contributed by atoms with Crippen molar-refractivity contribution in [3.63, 3.8) is 0 Å². The highest BCUT2D eigenvalue weighted by molar-refractivity contribution is 6.71. The molecule has 7 aromatic carbocycles. The van der Waals surface area contributed by atoms with E-state index in [1.54, 1.807) is 0 Å². The third kappa shape index (κ3) is 3.86. The van der Waals surface area contributed by atoms with Crippen LogP contribution in [0, 0.1) is 0 Å². The summed E-state index contributed by atoms with van der Waals surface area (Å²) >= 11 is 0. The van der Waals surface area contributed by atoms with Crippen molar-refractivity contribution in [1.29, 1.82) is 0 Å². The summed E-state index contributed by atoms with van der Waals surface area (Å²) in [6, 6.07) is 27.8. The zero-order chi connectivity index (χ0) is 31.3. The molecular weight excluding hydrogens is 535 g/mol. The van der Waals surface area contributed by atoms with E-state index in [-0.39, 0.29) is 43.7 Å². The summed E-state index contributed by atoms with van der Waals surface area (Å²) in [7, 11) is 53.4. The van der Waals surface area contributed by atoms with E-state index in [9.17, 15) is 0 Å². The lowest BCUT2D eigenvalue weighted by atomic mass is 9.59. The van der Waals surface area contributed by atoms with Gasteiger partial charge in [0.2, 0.25) is 0 Å². The zero-order valence-electron chi connectivity index (χ0n) is 24.1. The summed E-state index contributed by atoms with van der Waals surface area (Å²) in [5, 5.41) is 6.42. The molecule has 0 bridgehead atoms. The molecule has 9 heteroatoms. The molecule has 0 N–H and O–H groups in total. The Kier molecular flexibility index (Phi) is 6.30. The fraction of sp³-hybridized carbons (Fsp3) is 0. The van der Waals surface area contributed by atoms with E-state index in [1.807, 2.05) is 60.7 Å². The summed E-state index contributed by atoms with van der Waals surface area (Å²) < 4.78 is 6.30. The first-order chi connectivity index (χ1) is 21.7. The van der Waals surface area contributed by atoms with Crippen molar-refractivity contribution < 1.29 is 4.42 Å². The Labute approximate surface area is 271 Å². The monoisotopic (exact) mass is 550 g/mol. The molecule has 0 amide bonds. The SMILES string of the molecule is [B]c1c([B])c([B])c2c(-c3ccc4oc5ccc6ccccc6c5c4c3)c3c([B])c([B])c([B])c([B])c3c(-c3ccccc3)c2c1[B]. The first-order valence-corrected chi connectivity index (χ1v) is 14.4. The maximum atomic E-state index is 6.87. The Bertz CT molecular complexity index is 2490. The van der Waals surface area contributed by atoms with Gasteiger partial charge in [0.05, 0.1) is 0 Å². The van der Waals surface area contributed by atoms with Crippen LogP contribution >= 0.6 is 0 Å². The van der Waals surface area contributed by atoms with Gasteiger partial charge in [-0.05, 0) is 72.8 Å². The lowest BCUT2D eigenvalue weighted by Gasteiger charge is -2.28. The van der Waals surface area contributed by atoms with E-state index in [0.29, 0.717) is 32.7 Å². The molecule has 16 radical (unpaired) electrons. The normalized spacial score (nSPS) is 11.8. The highest BCUT2D eigenvalue weighted by Crippen LogP contribution is 2.43. The molecule has 1 heterocycles. The fourth-order valence-electron chi connectivity index (χ4n) is 6.83. The molecule has 0 fully saturated rings. The van der Waals surface area contributed by atoms with Crippen molar-refractivity contribution >= 4 is 161 Å². The predicted octanol–water partition coefficient (Wildman–Crippen LogP) is 0.730. The number of benzene rings is 7. The molecule has 0 saturated heterocycles. The van der Waals surface area contributed by atoms with E-state index in [4.69, 9.17) is 67.2 Å². The predicted molar refractivity (Wildman–Crippen MR) is 200 cm³/mol. The molecule has 0 unspecified atom stereocenters. The molecular formula is C36H14B8O. The average molecular weight is 549 g/mol. The molecule has 0 spiro atoms.